The summed E-state index contributed by atoms with van der Waals surface area (Å²) in [4.78, 5) is 23.7. The number of nitriles is 1. The van der Waals surface area contributed by atoms with Crippen LogP contribution in [0.5, 0.6) is 0 Å². The van der Waals surface area contributed by atoms with E-state index < -0.39 is 5.91 Å². The summed E-state index contributed by atoms with van der Waals surface area (Å²) < 4.78 is 1.29. The van der Waals surface area contributed by atoms with E-state index in [1.807, 2.05) is 18.2 Å². The Hall–Kier alpha value is -1.74. The van der Waals surface area contributed by atoms with E-state index in [1.165, 1.54) is 46.6 Å². The fraction of sp³-hybridized carbons (Fsp3) is 0.214. The maximum atomic E-state index is 12.1. The van der Waals surface area contributed by atoms with Crippen LogP contribution >= 0.6 is 46.6 Å². The van der Waals surface area contributed by atoms with Crippen molar-refractivity contribution >= 4 is 64.1 Å². The average molecular weight is 412 g/mol. The summed E-state index contributed by atoms with van der Waals surface area (Å²) in [5.74, 6) is 0.0693. The molecule has 25 heavy (non-hydrogen) atoms. The standard InChI is InChI=1S/C14H13N5O2S4/c15-5-6-22-10-4-2-1-3-9(10)17-12(21)8-24-14-19-18-13(25-14)23-7-11(16)20/h1-4H,6-8H2,(H2,16,20)(H,17,21). The van der Waals surface area contributed by atoms with Gasteiger partial charge in [0, 0.05) is 4.90 Å². The Kier molecular flexibility index (Phi) is 8.07. The van der Waals surface area contributed by atoms with Gasteiger partial charge in [-0.05, 0) is 12.1 Å². The van der Waals surface area contributed by atoms with Gasteiger partial charge in [0.25, 0.3) is 0 Å². The number of amides is 2. The predicted molar refractivity (Wildman–Crippen MR) is 102 cm³/mol. The zero-order valence-corrected chi connectivity index (χ0v) is 16.1. The van der Waals surface area contributed by atoms with E-state index in [9.17, 15) is 9.59 Å². The van der Waals surface area contributed by atoms with Crippen LogP contribution in [0.25, 0.3) is 0 Å². The van der Waals surface area contributed by atoms with Gasteiger partial charge in [0.2, 0.25) is 11.8 Å². The molecular formula is C14H13N5O2S4. The van der Waals surface area contributed by atoms with Crippen molar-refractivity contribution in [3.63, 3.8) is 0 Å². The maximum absolute atomic E-state index is 12.1. The number of carbonyl (C=O) groups is 2. The summed E-state index contributed by atoms with van der Waals surface area (Å²) in [6.45, 7) is 0. The third-order valence-electron chi connectivity index (χ3n) is 2.51. The number of para-hydroxylation sites is 1. The largest absolute Gasteiger partial charge is 0.369 e. The minimum Gasteiger partial charge on any atom is -0.369 e. The van der Waals surface area contributed by atoms with E-state index in [2.05, 4.69) is 21.6 Å². The third kappa shape index (κ3) is 6.95. The van der Waals surface area contributed by atoms with Gasteiger partial charge in [-0.15, -0.1) is 22.0 Å². The normalized spacial score (nSPS) is 10.2. The number of rotatable bonds is 9. The highest BCUT2D eigenvalue weighted by Crippen LogP contribution is 2.29. The molecule has 2 aromatic rings. The van der Waals surface area contributed by atoms with Crippen LogP contribution in [0.1, 0.15) is 0 Å². The summed E-state index contributed by atoms with van der Waals surface area (Å²) in [6, 6.07) is 9.40. The average Bonchev–Trinajstić information content (AvgIpc) is 3.05. The van der Waals surface area contributed by atoms with Gasteiger partial charge in [-0.2, -0.15) is 5.26 Å². The number of carbonyl (C=O) groups excluding carboxylic acids is 2. The van der Waals surface area contributed by atoms with Crippen molar-refractivity contribution < 1.29 is 9.59 Å². The van der Waals surface area contributed by atoms with E-state index in [0.29, 0.717) is 20.1 Å². The van der Waals surface area contributed by atoms with Crippen molar-refractivity contribution in [1.82, 2.24) is 10.2 Å². The molecule has 1 aromatic heterocycles. The molecule has 0 fully saturated rings. The lowest BCUT2D eigenvalue weighted by Gasteiger charge is -2.08. The number of aromatic nitrogens is 2. The van der Waals surface area contributed by atoms with Crippen LogP contribution < -0.4 is 11.1 Å². The summed E-state index contributed by atoms with van der Waals surface area (Å²) in [7, 11) is 0. The van der Waals surface area contributed by atoms with Gasteiger partial charge >= 0.3 is 0 Å². The molecule has 2 rings (SSSR count). The van der Waals surface area contributed by atoms with E-state index in [1.54, 1.807) is 6.07 Å². The molecule has 7 nitrogen and oxygen atoms in total. The first kappa shape index (κ1) is 19.6. The third-order valence-corrected chi connectivity index (χ3v) is 6.66. The van der Waals surface area contributed by atoms with E-state index in [4.69, 9.17) is 11.0 Å². The van der Waals surface area contributed by atoms with Crippen LogP contribution in [0.15, 0.2) is 37.8 Å². The molecule has 0 aliphatic heterocycles. The van der Waals surface area contributed by atoms with Crippen molar-refractivity contribution in [2.24, 2.45) is 5.73 Å². The van der Waals surface area contributed by atoms with Crippen molar-refractivity contribution in [3.8, 4) is 6.07 Å². The van der Waals surface area contributed by atoms with Crippen molar-refractivity contribution in [3.05, 3.63) is 24.3 Å². The van der Waals surface area contributed by atoms with Crippen LogP contribution in [0.4, 0.5) is 5.69 Å². The first-order chi connectivity index (χ1) is 12.1. The van der Waals surface area contributed by atoms with Crippen molar-refractivity contribution in [1.29, 1.82) is 5.26 Å². The number of primary amides is 1. The number of hydrogen-bond acceptors (Lipinski definition) is 9. The summed E-state index contributed by atoms with van der Waals surface area (Å²) in [6.07, 6.45) is 0. The van der Waals surface area contributed by atoms with Crippen molar-refractivity contribution in [2.45, 2.75) is 13.6 Å². The lowest BCUT2D eigenvalue weighted by molar-refractivity contribution is -0.115. The van der Waals surface area contributed by atoms with Gasteiger partial charge in [0.1, 0.15) is 0 Å². The molecule has 2 amide bonds. The zero-order valence-electron chi connectivity index (χ0n) is 12.8. The summed E-state index contributed by atoms with van der Waals surface area (Å²) >= 11 is 5.18. The second kappa shape index (κ2) is 10.3. The van der Waals surface area contributed by atoms with Crippen LogP contribution in [-0.4, -0.2) is 39.3 Å². The predicted octanol–water partition coefficient (Wildman–Crippen LogP) is 2.46. The Labute approximate surface area is 161 Å². The molecule has 0 bridgehead atoms. The van der Waals surface area contributed by atoms with Gasteiger partial charge in [0.15, 0.2) is 8.68 Å². The molecule has 130 valence electrons. The molecule has 0 radical (unpaired) electrons. The minimum absolute atomic E-state index is 0.150. The Morgan fingerprint density at radius 2 is 1.84 bits per heavy atom. The van der Waals surface area contributed by atoms with Gasteiger partial charge in [-0.3, -0.25) is 9.59 Å². The molecular weight excluding hydrogens is 398 g/mol. The molecule has 0 atom stereocenters. The number of nitrogens with two attached hydrogens (primary N) is 1. The van der Waals surface area contributed by atoms with Crippen LogP contribution in [0.2, 0.25) is 0 Å². The second-order valence-corrected chi connectivity index (χ2v) is 8.81. The number of anilines is 1. The molecule has 1 heterocycles. The lowest BCUT2D eigenvalue weighted by atomic mass is 10.3. The van der Waals surface area contributed by atoms with Crippen LogP contribution in [0, 0.1) is 11.3 Å². The molecule has 0 aliphatic rings. The monoisotopic (exact) mass is 411 g/mol. The highest BCUT2D eigenvalue weighted by Gasteiger charge is 2.11. The number of thioether (sulfide) groups is 3. The Morgan fingerprint density at radius 3 is 2.52 bits per heavy atom. The van der Waals surface area contributed by atoms with Gasteiger partial charge < -0.3 is 11.1 Å². The highest BCUT2D eigenvalue weighted by atomic mass is 32.2. The molecule has 0 aliphatic carbocycles. The fourth-order valence-electron chi connectivity index (χ4n) is 1.57. The van der Waals surface area contributed by atoms with Crippen molar-refractivity contribution in [2.75, 3.05) is 22.6 Å². The van der Waals surface area contributed by atoms with Crippen LogP contribution in [0.3, 0.4) is 0 Å². The lowest BCUT2D eigenvalue weighted by Crippen LogP contribution is -2.14. The zero-order chi connectivity index (χ0) is 18.1. The van der Waals surface area contributed by atoms with Gasteiger partial charge in [-0.1, -0.05) is 47.0 Å². The number of nitrogens with zero attached hydrogens (tertiary/aromatic N) is 3. The highest BCUT2D eigenvalue weighted by molar-refractivity contribution is 8.03. The van der Waals surface area contributed by atoms with E-state index in [-0.39, 0.29) is 17.4 Å². The molecule has 0 unspecified atom stereocenters. The summed E-state index contributed by atoms with van der Waals surface area (Å²) in [5.41, 5.74) is 5.76. The molecule has 3 N–H and O–H groups in total. The minimum atomic E-state index is -0.415. The smallest absolute Gasteiger partial charge is 0.234 e. The second-order valence-electron chi connectivity index (χ2n) is 4.37. The molecule has 0 saturated carbocycles. The topological polar surface area (TPSA) is 122 Å². The van der Waals surface area contributed by atoms with Crippen LogP contribution in [-0.2, 0) is 9.59 Å². The first-order valence-electron chi connectivity index (χ1n) is 6.84. The Morgan fingerprint density at radius 1 is 1.16 bits per heavy atom. The van der Waals surface area contributed by atoms with E-state index >= 15 is 0 Å². The maximum Gasteiger partial charge on any atom is 0.234 e. The van der Waals surface area contributed by atoms with Gasteiger partial charge in [0.05, 0.1) is 29.0 Å². The molecule has 1 aromatic carbocycles. The fourth-order valence-corrected chi connectivity index (χ4v) is 4.79. The first-order valence-corrected chi connectivity index (χ1v) is 10.6. The molecule has 11 heteroatoms. The number of benzene rings is 1. The SMILES string of the molecule is N#CCSc1ccccc1NC(=O)CSc1nnc(SCC(N)=O)s1. The Bertz CT molecular complexity index is 790. The number of nitrogens with one attached hydrogen (secondary N) is 1. The van der Waals surface area contributed by atoms with Gasteiger partial charge in [-0.25, -0.2) is 0 Å². The molecule has 0 spiro atoms. The number of hydrogen-bond donors (Lipinski definition) is 2. The summed E-state index contributed by atoms with van der Waals surface area (Å²) in [5, 5.41) is 19.4. The Balaban J connectivity index is 1.85. The molecule has 0 saturated heterocycles. The van der Waals surface area contributed by atoms with E-state index in [0.717, 1.165) is 4.90 Å². The quantitative estimate of drug-likeness (QED) is 0.604.